The summed E-state index contributed by atoms with van der Waals surface area (Å²) in [6.45, 7) is 7.02. The molecule has 0 spiro atoms. The third-order valence-electron chi connectivity index (χ3n) is 4.98. The standard InChI is InChI=1S/C23H29FN4O3.HI/c1-3-25-23(28-12-10-18(11-13-28)22(29)30-4-2)27-16-17-8-9-21(26-15-17)31-20-7-5-6-19(24)14-20;/h5-9,14-15,18H,3-4,10-13,16H2,1-2H3,(H,25,27);1H. The second kappa shape index (κ2) is 13.2. The van der Waals surface area contributed by atoms with Crippen LogP contribution in [0, 0.1) is 11.7 Å². The van der Waals surface area contributed by atoms with E-state index in [1.165, 1.54) is 12.1 Å². The number of likely N-dealkylation sites (tertiary alicyclic amines) is 1. The van der Waals surface area contributed by atoms with Gasteiger partial charge in [0.25, 0.3) is 0 Å². The van der Waals surface area contributed by atoms with Crippen molar-refractivity contribution < 1.29 is 18.7 Å². The van der Waals surface area contributed by atoms with E-state index in [9.17, 15) is 9.18 Å². The fraction of sp³-hybridized carbons (Fsp3) is 0.435. The van der Waals surface area contributed by atoms with Crippen molar-refractivity contribution in [2.75, 3.05) is 26.2 Å². The monoisotopic (exact) mass is 556 g/mol. The van der Waals surface area contributed by atoms with E-state index in [0.717, 1.165) is 44.0 Å². The summed E-state index contributed by atoms with van der Waals surface area (Å²) >= 11 is 0. The minimum Gasteiger partial charge on any atom is -0.466 e. The van der Waals surface area contributed by atoms with E-state index >= 15 is 0 Å². The number of esters is 1. The number of hydrogen-bond acceptors (Lipinski definition) is 5. The van der Waals surface area contributed by atoms with Crippen LogP contribution < -0.4 is 10.1 Å². The topological polar surface area (TPSA) is 76.1 Å². The number of benzene rings is 1. The van der Waals surface area contributed by atoms with E-state index in [2.05, 4.69) is 15.2 Å². The lowest BCUT2D eigenvalue weighted by Gasteiger charge is -2.33. The van der Waals surface area contributed by atoms with Gasteiger partial charge in [0.1, 0.15) is 11.6 Å². The van der Waals surface area contributed by atoms with Gasteiger partial charge in [-0.3, -0.25) is 4.79 Å². The molecule has 9 heteroatoms. The van der Waals surface area contributed by atoms with Crippen molar-refractivity contribution >= 4 is 35.9 Å². The molecule has 3 rings (SSSR count). The van der Waals surface area contributed by atoms with Gasteiger partial charge in [-0.2, -0.15) is 0 Å². The zero-order chi connectivity index (χ0) is 22.1. The fourth-order valence-electron chi connectivity index (χ4n) is 3.40. The Morgan fingerprint density at radius 3 is 2.66 bits per heavy atom. The highest BCUT2D eigenvalue weighted by molar-refractivity contribution is 14.0. The molecule has 0 atom stereocenters. The van der Waals surface area contributed by atoms with Crippen LogP contribution in [0.25, 0.3) is 0 Å². The number of nitrogens with one attached hydrogen (secondary N) is 1. The van der Waals surface area contributed by atoms with Crippen LogP contribution >= 0.6 is 24.0 Å². The smallest absolute Gasteiger partial charge is 0.309 e. The first-order valence-corrected chi connectivity index (χ1v) is 10.7. The molecular weight excluding hydrogens is 526 g/mol. The number of piperidine rings is 1. The van der Waals surface area contributed by atoms with Gasteiger partial charge in [-0.1, -0.05) is 12.1 Å². The van der Waals surface area contributed by atoms with Crippen molar-refractivity contribution in [1.29, 1.82) is 0 Å². The van der Waals surface area contributed by atoms with Crippen LogP contribution in [0.5, 0.6) is 11.6 Å². The van der Waals surface area contributed by atoms with E-state index in [-0.39, 0.29) is 41.7 Å². The van der Waals surface area contributed by atoms with Crippen LogP contribution in [0.15, 0.2) is 47.6 Å². The van der Waals surface area contributed by atoms with Crippen molar-refractivity contribution in [1.82, 2.24) is 15.2 Å². The number of halogens is 2. The Morgan fingerprint density at radius 1 is 1.25 bits per heavy atom. The van der Waals surface area contributed by atoms with Crippen LogP contribution in [0.2, 0.25) is 0 Å². The predicted octanol–water partition coefficient (Wildman–Crippen LogP) is 4.37. The average Bonchev–Trinajstić information content (AvgIpc) is 2.78. The third kappa shape index (κ3) is 7.61. The maximum absolute atomic E-state index is 13.3. The molecule has 1 aromatic carbocycles. The van der Waals surface area contributed by atoms with Gasteiger partial charge in [-0.15, -0.1) is 24.0 Å². The first-order valence-electron chi connectivity index (χ1n) is 10.7. The second-order valence-electron chi connectivity index (χ2n) is 7.25. The lowest BCUT2D eigenvalue weighted by Crippen LogP contribution is -2.46. The molecule has 1 saturated heterocycles. The Labute approximate surface area is 205 Å². The Morgan fingerprint density at radius 2 is 2.03 bits per heavy atom. The first kappa shape index (κ1) is 25.8. The number of ether oxygens (including phenoxy) is 2. The van der Waals surface area contributed by atoms with Crippen LogP contribution in [0.4, 0.5) is 4.39 Å². The molecule has 1 aromatic heterocycles. The molecule has 1 N–H and O–H groups in total. The van der Waals surface area contributed by atoms with Crippen molar-refractivity contribution in [3.63, 3.8) is 0 Å². The first-order chi connectivity index (χ1) is 15.1. The molecule has 1 aliphatic rings. The minimum atomic E-state index is -0.356. The van der Waals surface area contributed by atoms with Gasteiger partial charge in [0.05, 0.1) is 19.1 Å². The van der Waals surface area contributed by atoms with Crippen LogP contribution in [-0.4, -0.2) is 48.1 Å². The normalized spacial score (nSPS) is 14.5. The molecule has 1 aliphatic heterocycles. The zero-order valence-electron chi connectivity index (χ0n) is 18.4. The molecule has 174 valence electrons. The van der Waals surface area contributed by atoms with Gasteiger partial charge < -0.3 is 19.7 Å². The lowest BCUT2D eigenvalue weighted by atomic mass is 9.97. The van der Waals surface area contributed by atoms with Crippen LogP contribution in [0.1, 0.15) is 32.3 Å². The maximum atomic E-state index is 13.3. The molecule has 0 bridgehead atoms. The highest BCUT2D eigenvalue weighted by atomic mass is 127. The number of aliphatic imine (C=N–C) groups is 1. The number of rotatable bonds is 7. The van der Waals surface area contributed by atoms with Gasteiger partial charge >= 0.3 is 5.97 Å². The largest absolute Gasteiger partial charge is 0.466 e. The Balaban J connectivity index is 0.00000363. The van der Waals surface area contributed by atoms with Crippen molar-refractivity contribution in [2.45, 2.75) is 33.2 Å². The quantitative estimate of drug-likeness (QED) is 0.236. The minimum absolute atomic E-state index is 0. The number of guanidine groups is 1. The molecule has 0 saturated carbocycles. The number of pyridine rings is 1. The number of hydrogen-bond donors (Lipinski definition) is 1. The molecule has 0 amide bonds. The summed E-state index contributed by atoms with van der Waals surface area (Å²) in [6.07, 6.45) is 3.22. The molecule has 2 aromatic rings. The molecular formula is C23H30FIN4O3. The Kier molecular flexibility index (Phi) is 10.6. The van der Waals surface area contributed by atoms with E-state index in [0.29, 0.717) is 24.8 Å². The SMILES string of the molecule is CCNC(=NCc1ccc(Oc2cccc(F)c2)nc1)N1CCC(C(=O)OCC)CC1.I. The molecule has 0 radical (unpaired) electrons. The summed E-state index contributed by atoms with van der Waals surface area (Å²) in [5.41, 5.74) is 0.934. The average molecular weight is 556 g/mol. The molecule has 0 aliphatic carbocycles. The molecule has 7 nitrogen and oxygen atoms in total. The number of nitrogens with zero attached hydrogens (tertiary/aromatic N) is 3. The summed E-state index contributed by atoms with van der Waals surface area (Å²) in [7, 11) is 0. The number of carbonyl (C=O) groups is 1. The summed E-state index contributed by atoms with van der Waals surface area (Å²) in [5, 5.41) is 3.32. The number of carbonyl (C=O) groups excluding carboxylic acids is 1. The summed E-state index contributed by atoms with van der Waals surface area (Å²) in [5.74, 6) is 1.13. The summed E-state index contributed by atoms with van der Waals surface area (Å²) in [6, 6.07) is 9.58. The Bertz CT molecular complexity index is 887. The van der Waals surface area contributed by atoms with Crippen LogP contribution in [0.3, 0.4) is 0 Å². The maximum Gasteiger partial charge on any atom is 0.309 e. The van der Waals surface area contributed by atoms with Crippen molar-refractivity contribution in [3.05, 3.63) is 54.0 Å². The highest BCUT2D eigenvalue weighted by Crippen LogP contribution is 2.21. The zero-order valence-corrected chi connectivity index (χ0v) is 20.8. The number of aromatic nitrogens is 1. The molecule has 2 heterocycles. The van der Waals surface area contributed by atoms with E-state index in [1.807, 2.05) is 19.9 Å². The fourth-order valence-corrected chi connectivity index (χ4v) is 3.40. The van der Waals surface area contributed by atoms with E-state index in [4.69, 9.17) is 14.5 Å². The van der Waals surface area contributed by atoms with Crippen molar-refractivity contribution in [2.24, 2.45) is 10.9 Å². The summed E-state index contributed by atoms with van der Waals surface area (Å²) in [4.78, 5) is 23.1. The lowest BCUT2D eigenvalue weighted by molar-refractivity contribution is -0.149. The molecule has 32 heavy (non-hydrogen) atoms. The van der Waals surface area contributed by atoms with Gasteiger partial charge in [-0.05, 0) is 44.4 Å². The van der Waals surface area contributed by atoms with Gasteiger partial charge in [0, 0.05) is 38.0 Å². The summed E-state index contributed by atoms with van der Waals surface area (Å²) < 4.78 is 24.0. The van der Waals surface area contributed by atoms with Crippen LogP contribution in [-0.2, 0) is 16.1 Å². The highest BCUT2D eigenvalue weighted by Gasteiger charge is 2.27. The van der Waals surface area contributed by atoms with E-state index in [1.54, 1.807) is 24.4 Å². The van der Waals surface area contributed by atoms with E-state index < -0.39 is 0 Å². The second-order valence-corrected chi connectivity index (χ2v) is 7.25. The predicted molar refractivity (Wildman–Crippen MR) is 132 cm³/mol. The third-order valence-corrected chi connectivity index (χ3v) is 4.98. The molecule has 0 unspecified atom stereocenters. The molecule has 1 fully saturated rings. The van der Waals surface area contributed by atoms with Gasteiger partial charge in [0.2, 0.25) is 5.88 Å². The van der Waals surface area contributed by atoms with Gasteiger partial charge in [-0.25, -0.2) is 14.4 Å². The van der Waals surface area contributed by atoms with Crippen molar-refractivity contribution in [3.8, 4) is 11.6 Å². The van der Waals surface area contributed by atoms with Gasteiger partial charge in [0.15, 0.2) is 5.96 Å². The Hall–Kier alpha value is -2.43.